The van der Waals surface area contributed by atoms with Crippen LogP contribution in [0.5, 0.6) is 0 Å². The summed E-state index contributed by atoms with van der Waals surface area (Å²) in [5.74, 6) is -0.405. The van der Waals surface area contributed by atoms with Crippen molar-refractivity contribution in [3.05, 3.63) is 59.7 Å². The lowest BCUT2D eigenvalue weighted by Crippen LogP contribution is -2.05. The predicted molar refractivity (Wildman–Crippen MR) is 67.5 cm³/mol. The first-order chi connectivity index (χ1) is 8.78. The molecule has 0 radical (unpaired) electrons. The Labute approximate surface area is 105 Å². The Balaban J connectivity index is 1.95. The van der Waals surface area contributed by atoms with E-state index >= 15 is 0 Å². The second kappa shape index (κ2) is 5.78. The summed E-state index contributed by atoms with van der Waals surface area (Å²) in [6.07, 6.45) is 4.32. The Kier molecular flexibility index (Phi) is 3.87. The quantitative estimate of drug-likeness (QED) is 0.895. The summed E-state index contributed by atoms with van der Waals surface area (Å²) >= 11 is 0. The Morgan fingerprint density at radius 2 is 2.22 bits per heavy atom. The fraction of sp³-hybridized carbons (Fsp3) is 0.143. The highest BCUT2D eigenvalue weighted by atomic mass is 19.1. The van der Waals surface area contributed by atoms with Gasteiger partial charge in [0.05, 0.1) is 11.6 Å². The van der Waals surface area contributed by atoms with Crippen LogP contribution in [0.25, 0.3) is 0 Å². The smallest absolute Gasteiger partial charge is 0.126 e. The van der Waals surface area contributed by atoms with E-state index in [4.69, 9.17) is 5.26 Å². The highest BCUT2D eigenvalue weighted by Gasteiger charge is 2.00. The third-order valence-corrected chi connectivity index (χ3v) is 2.49. The fourth-order valence-electron chi connectivity index (χ4n) is 1.65. The van der Waals surface area contributed by atoms with Gasteiger partial charge in [-0.15, -0.1) is 0 Å². The maximum absolute atomic E-state index is 13.2. The number of aromatic nitrogens is 1. The van der Waals surface area contributed by atoms with E-state index in [2.05, 4.69) is 10.3 Å². The molecule has 1 aromatic carbocycles. The largest absolute Gasteiger partial charge is 0.385 e. The van der Waals surface area contributed by atoms with Crippen molar-refractivity contribution in [2.75, 3.05) is 11.9 Å². The lowest BCUT2D eigenvalue weighted by molar-refractivity contribution is 0.627. The van der Waals surface area contributed by atoms with Gasteiger partial charge < -0.3 is 5.32 Å². The van der Waals surface area contributed by atoms with Gasteiger partial charge in [0, 0.05) is 24.6 Å². The molecular formula is C14H12FN3. The van der Waals surface area contributed by atoms with Crippen molar-refractivity contribution >= 4 is 5.69 Å². The van der Waals surface area contributed by atoms with Crippen LogP contribution in [0.4, 0.5) is 10.1 Å². The normalized spacial score (nSPS) is 9.78. The molecule has 0 saturated heterocycles. The highest BCUT2D eigenvalue weighted by Crippen LogP contribution is 2.13. The van der Waals surface area contributed by atoms with E-state index < -0.39 is 5.82 Å². The lowest BCUT2D eigenvalue weighted by atomic mass is 10.2. The summed E-state index contributed by atoms with van der Waals surface area (Å²) in [4.78, 5) is 4.02. The van der Waals surface area contributed by atoms with Gasteiger partial charge in [-0.25, -0.2) is 4.39 Å². The molecule has 1 heterocycles. The summed E-state index contributed by atoms with van der Waals surface area (Å²) in [6.45, 7) is 0.667. The molecule has 0 aliphatic rings. The zero-order chi connectivity index (χ0) is 12.8. The molecule has 0 spiro atoms. The van der Waals surface area contributed by atoms with Gasteiger partial charge in [0.25, 0.3) is 0 Å². The molecule has 0 fully saturated rings. The minimum absolute atomic E-state index is 0.318. The van der Waals surface area contributed by atoms with Crippen molar-refractivity contribution in [2.45, 2.75) is 6.42 Å². The lowest BCUT2D eigenvalue weighted by Gasteiger charge is -2.06. The van der Waals surface area contributed by atoms with Gasteiger partial charge >= 0.3 is 0 Å². The second-order valence-electron chi connectivity index (χ2n) is 3.88. The maximum Gasteiger partial charge on any atom is 0.126 e. The van der Waals surface area contributed by atoms with Crippen LogP contribution in [0.1, 0.15) is 11.1 Å². The Morgan fingerprint density at radius 1 is 1.33 bits per heavy atom. The van der Waals surface area contributed by atoms with E-state index in [1.807, 2.05) is 18.2 Å². The molecule has 18 heavy (non-hydrogen) atoms. The van der Waals surface area contributed by atoms with Gasteiger partial charge in [-0.3, -0.25) is 4.98 Å². The number of hydrogen-bond acceptors (Lipinski definition) is 3. The molecule has 3 nitrogen and oxygen atoms in total. The fourth-order valence-corrected chi connectivity index (χ4v) is 1.65. The van der Waals surface area contributed by atoms with Crippen molar-refractivity contribution in [1.82, 2.24) is 4.98 Å². The maximum atomic E-state index is 13.2. The van der Waals surface area contributed by atoms with Crippen LogP contribution in [0.3, 0.4) is 0 Å². The van der Waals surface area contributed by atoms with Crippen molar-refractivity contribution in [3.63, 3.8) is 0 Å². The Bertz CT molecular complexity index is 561. The third kappa shape index (κ3) is 3.29. The molecule has 0 unspecified atom stereocenters. The van der Waals surface area contributed by atoms with Gasteiger partial charge in [0.15, 0.2) is 0 Å². The molecule has 0 aliphatic carbocycles. The number of nitriles is 1. The zero-order valence-corrected chi connectivity index (χ0v) is 9.73. The van der Waals surface area contributed by atoms with Crippen molar-refractivity contribution < 1.29 is 4.39 Å². The summed E-state index contributed by atoms with van der Waals surface area (Å²) in [5, 5.41) is 11.8. The molecule has 0 bridgehead atoms. The molecule has 1 aromatic heterocycles. The molecule has 4 heteroatoms. The van der Waals surface area contributed by atoms with Crippen molar-refractivity contribution in [3.8, 4) is 6.07 Å². The van der Waals surface area contributed by atoms with E-state index in [0.29, 0.717) is 17.8 Å². The van der Waals surface area contributed by atoms with E-state index in [1.54, 1.807) is 18.5 Å². The highest BCUT2D eigenvalue weighted by molar-refractivity contribution is 5.49. The molecular weight excluding hydrogens is 229 g/mol. The van der Waals surface area contributed by atoms with Gasteiger partial charge in [-0.1, -0.05) is 6.07 Å². The molecule has 0 aliphatic heterocycles. The number of hydrogen-bond donors (Lipinski definition) is 1. The van der Waals surface area contributed by atoms with E-state index in [0.717, 1.165) is 12.0 Å². The van der Waals surface area contributed by atoms with Crippen LogP contribution in [-0.4, -0.2) is 11.5 Å². The summed E-state index contributed by atoms with van der Waals surface area (Å²) in [7, 11) is 0. The van der Waals surface area contributed by atoms with Crippen LogP contribution in [-0.2, 0) is 6.42 Å². The van der Waals surface area contributed by atoms with Crippen molar-refractivity contribution in [1.29, 1.82) is 5.26 Å². The number of benzene rings is 1. The van der Waals surface area contributed by atoms with Gasteiger partial charge in [0.1, 0.15) is 5.82 Å². The molecule has 1 N–H and O–H groups in total. The van der Waals surface area contributed by atoms with E-state index in [1.165, 1.54) is 12.1 Å². The zero-order valence-electron chi connectivity index (χ0n) is 9.73. The second-order valence-corrected chi connectivity index (χ2v) is 3.88. The minimum Gasteiger partial charge on any atom is -0.385 e. The van der Waals surface area contributed by atoms with Gasteiger partial charge in [-0.2, -0.15) is 5.26 Å². The predicted octanol–water partition coefficient (Wildman–Crippen LogP) is 2.75. The SMILES string of the molecule is N#Cc1cc(F)cc(NCCc2cccnc2)c1. The summed E-state index contributed by atoms with van der Waals surface area (Å²) in [6, 6.07) is 10.0. The number of halogens is 1. The average Bonchev–Trinajstić information content (AvgIpc) is 2.39. The number of anilines is 1. The standard InChI is InChI=1S/C14H12FN3/c15-13-6-12(9-16)7-14(8-13)18-5-3-11-2-1-4-17-10-11/h1-2,4,6-8,10,18H,3,5H2. The van der Waals surface area contributed by atoms with Crippen LogP contribution < -0.4 is 5.32 Å². The van der Waals surface area contributed by atoms with E-state index in [9.17, 15) is 4.39 Å². The first-order valence-corrected chi connectivity index (χ1v) is 5.61. The topological polar surface area (TPSA) is 48.7 Å². The molecule has 0 saturated carbocycles. The van der Waals surface area contributed by atoms with Crippen LogP contribution in [0.2, 0.25) is 0 Å². The van der Waals surface area contributed by atoms with Crippen molar-refractivity contribution in [2.24, 2.45) is 0 Å². The Hall–Kier alpha value is -2.41. The minimum atomic E-state index is -0.405. The molecule has 2 aromatic rings. The third-order valence-electron chi connectivity index (χ3n) is 2.49. The molecule has 90 valence electrons. The van der Waals surface area contributed by atoms with Gasteiger partial charge in [0.2, 0.25) is 0 Å². The van der Waals surface area contributed by atoms with Crippen LogP contribution in [0, 0.1) is 17.1 Å². The summed E-state index contributed by atoms with van der Waals surface area (Å²) < 4.78 is 13.2. The van der Waals surface area contributed by atoms with Gasteiger partial charge in [-0.05, 0) is 36.2 Å². The first-order valence-electron chi connectivity index (χ1n) is 5.61. The first kappa shape index (κ1) is 12.1. The molecule has 0 atom stereocenters. The molecule has 2 rings (SSSR count). The number of rotatable bonds is 4. The average molecular weight is 241 g/mol. The monoisotopic (exact) mass is 241 g/mol. The van der Waals surface area contributed by atoms with E-state index in [-0.39, 0.29) is 0 Å². The van der Waals surface area contributed by atoms with Crippen LogP contribution in [0.15, 0.2) is 42.7 Å². The number of nitrogens with one attached hydrogen (secondary N) is 1. The van der Waals surface area contributed by atoms with Crippen LogP contribution >= 0.6 is 0 Å². The number of nitrogens with zero attached hydrogens (tertiary/aromatic N) is 2. The summed E-state index contributed by atoms with van der Waals surface area (Å²) in [5.41, 5.74) is 2.05. The molecule has 0 amide bonds. The Morgan fingerprint density at radius 3 is 2.94 bits per heavy atom. The number of pyridine rings is 1.